The first kappa shape index (κ1) is 19.3. The maximum atomic E-state index is 11.9. The molecule has 1 aromatic heterocycles. The van der Waals surface area contributed by atoms with Crippen LogP contribution >= 0.6 is 0 Å². The highest BCUT2D eigenvalue weighted by atomic mass is 16.5. The smallest absolute Gasteiger partial charge is 0.277 e. The summed E-state index contributed by atoms with van der Waals surface area (Å²) in [5.74, 6) is 1.09. The van der Waals surface area contributed by atoms with Gasteiger partial charge in [0.05, 0.1) is 6.21 Å². The number of hydrazone groups is 1. The number of carbonyl (C=O) groups excluding carboxylic acids is 1. The van der Waals surface area contributed by atoms with E-state index >= 15 is 0 Å². The van der Waals surface area contributed by atoms with Crippen LogP contribution in [-0.4, -0.2) is 23.7 Å². The lowest BCUT2D eigenvalue weighted by molar-refractivity contribution is -0.123. The molecule has 0 radical (unpaired) electrons. The fourth-order valence-electron chi connectivity index (χ4n) is 2.94. The number of hydrogen-bond donors (Lipinski definition) is 2. The van der Waals surface area contributed by atoms with Gasteiger partial charge in [-0.2, -0.15) is 5.10 Å². The number of ether oxygens (including phenoxy) is 2. The minimum absolute atomic E-state index is 0.0999. The predicted molar refractivity (Wildman–Crippen MR) is 117 cm³/mol. The Kier molecular flexibility index (Phi) is 6.05. The molecule has 150 valence electrons. The van der Waals surface area contributed by atoms with Gasteiger partial charge in [-0.05, 0) is 29.8 Å². The monoisotopic (exact) mass is 399 g/mol. The van der Waals surface area contributed by atoms with Crippen LogP contribution in [0.25, 0.3) is 10.9 Å². The van der Waals surface area contributed by atoms with Gasteiger partial charge in [-0.1, -0.05) is 48.5 Å². The lowest BCUT2D eigenvalue weighted by atomic mass is 10.2. The Morgan fingerprint density at radius 2 is 1.70 bits per heavy atom. The molecule has 0 unspecified atom stereocenters. The van der Waals surface area contributed by atoms with Gasteiger partial charge in [-0.15, -0.1) is 0 Å². The second kappa shape index (κ2) is 9.43. The van der Waals surface area contributed by atoms with Gasteiger partial charge in [-0.3, -0.25) is 4.79 Å². The van der Waals surface area contributed by atoms with E-state index in [0.29, 0.717) is 12.4 Å². The molecule has 2 N–H and O–H groups in total. The predicted octanol–water partition coefficient (Wildman–Crippen LogP) is 4.28. The number of aromatic amines is 1. The van der Waals surface area contributed by atoms with E-state index in [1.165, 1.54) is 0 Å². The topological polar surface area (TPSA) is 75.7 Å². The summed E-state index contributed by atoms with van der Waals surface area (Å²) in [6.07, 6.45) is 3.44. The van der Waals surface area contributed by atoms with Crippen molar-refractivity contribution in [2.24, 2.45) is 5.10 Å². The molecule has 0 saturated carbocycles. The maximum absolute atomic E-state index is 11.9. The number of aromatic nitrogens is 1. The van der Waals surface area contributed by atoms with E-state index in [9.17, 15) is 4.79 Å². The second-order valence-corrected chi connectivity index (χ2v) is 6.62. The Hall–Kier alpha value is -4.06. The normalized spacial score (nSPS) is 10.9. The number of nitrogens with one attached hydrogen (secondary N) is 2. The van der Waals surface area contributed by atoms with Gasteiger partial charge in [-0.25, -0.2) is 5.43 Å². The number of carbonyl (C=O) groups is 1. The van der Waals surface area contributed by atoms with Crippen molar-refractivity contribution >= 4 is 23.0 Å². The standard InChI is InChI=1S/C24H21N3O3/c28-24(17-30-20-9-5-2-6-10-20)27-26-15-19-14-25-23-13-21(11-12-22(19)23)29-16-18-7-3-1-4-8-18/h1-15,25H,16-17H2,(H,27,28)/b26-15+. The Morgan fingerprint density at radius 3 is 2.50 bits per heavy atom. The minimum atomic E-state index is -0.327. The average molecular weight is 399 g/mol. The molecule has 0 aliphatic rings. The van der Waals surface area contributed by atoms with Crippen LogP contribution in [0, 0.1) is 0 Å². The molecule has 0 fully saturated rings. The molecule has 0 saturated heterocycles. The molecule has 30 heavy (non-hydrogen) atoms. The van der Waals surface area contributed by atoms with E-state index in [0.717, 1.165) is 27.8 Å². The van der Waals surface area contributed by atoms with Crippen LogP contribution in [0.4, 0.5) is 0 Å². The van der Waals surface area contributed by atoms with Crippen LogP contribution in [0.1, 0.15) is 11.1 Å². The third-order valence-corrected chi connectivity index (χ3v) is 4.44. The van der Waals surface area contributed by atoms with Crippen LogP contribution in [0.2, 0.25) is 0 Å². The number of H-pyrrole nitrogens is 1. The lowest BCUT2D eigenvalue weighted by Crippen LogP contribution is -2.24. The number of benzene rings is 3. The summed E-state index contributed by atoms with van der Waals surface area (Å²) in [6, 6.07) is 25.0. The first-order valence-corrected chi connectivity index (χ1v) is 9.55. The van der Waals surface area contributed by atoms with Crippen molar-refractivity contribution in [3.05, 3.63) is 96.2 Å². The van der Waals surface area contributed by atoms with E-state index in [2.05, 4.69) is 15.5 Å². The molecule has 6 heteroatoms. The Labute approximate surface area is 174 Å². The Morgan fingerprint density at radius 1 is 0.933 bits per heavy atom. The summed E-state index contributed by atoms with van der Waals surface area (Å²) in [7, 11) is 0. The first-order valence-electron chi connectivity index (χ1n) is 9.55. The molecule has 4 aromatic rings. The first-order chi connectivity index (χ1) is 14.8. The van der Waals surface area contributed by atoms with E-state index in [1.807, 2.05) is 72.9 Å². The largest absolute Gasteiger partial charge is 0.489 e. The lowest BCUT2D eigenvalue weighted by Gasteiger charge is -2.06. The van der Waals surface area contributed by atoms with E-state index in [1.54, 1.807) is 18.3 Å². The van der Waals surface area contributed by atoms with Gasteiger partial charge in [0.15, 0.2) is 6.61 Å². The van der Waals surface area contributed by atoms with Crippen molar-refractivity contribution in [2.75, 3.05) is 6.61 Å². The molecule has 4 rings (SSSR count). The van der Waals surface area contributed by atoms with Crippen molar-refractivity contribution in [1.82, 2.24) is 10.4 Å². The molecule has 3 aromatic carbocycles. The number of amides is 1. The SMILES string of the molecule is O=C(COc1ccccc1)N/N=C/c1c[nH]c2cc(OCc3ccccc3)ccc12. The Bertz CT molecular complexity index is 1140. The summed E-state index contributed by atoms with van der Waals surface area (Å²) in [5, 5.41) is 5.01. The highest BCUT2D eigenvalue weighted by Crippen LogP contribution is 2.23. The highest BCUT2D eigenvalue weighted by molar-refractivity contribution is 5.99. The molecule has 0 aliphatic heterocycles. The molecular formula is C24H21N3O3. The molecule has 6 nitrogen and oxygen atoms in total. The third-order valence-electron chi connectivity index (χ3n) is 4.44. The van der Waals surface area contributed by atoms with Crippen LogP contribution in [0.3, 0.4) is 0 Å². The van der Waals surface area contributed by atoms with Gasteiger partial charge < -0.3 is 14.5 Å². The molecule has 0 aliphatic carbocycles. The summed E-state index contributed by atoms with van der Waals surface area (Å²) in [6.45, 7) is 0.413. The second-order valence-electron chi connectivity index (χ2n) is 6.62. The summed E-state index contributed by atoms with van der Waals surface area (Å²) >= 11 is 0. The Balaban J connectivity index is 1.32. The molecule has 1 amide bonds. The molecular weight excluding hydrogens is 378 g/mol. The highest BCUT2D eigenvalue weighted by Gasteiger charge is 2.05. The zero-order valence-corrected chi connectivity index (χ0v) is 16.2. The van der Waals surface area contributed by atoms with Gasteiger partial charge >= 0.3 is 0 Å². The van der Waals surface area contributed by atoms with Crippen LogP contribution in [0.5, 0.6) is 11.5 Å². The van der Waals surface area contributed by atoms with Crippen molar-refractivity contribution in [3.8, 4) is 11.5 Å². The van der Waals surface area contributed by atoms with Crippen LogP contribution < -0.4 is 14.9 Å². The fraction of sp³-hybridized carbons (Fsp3) is 0.0833. The van der Waals surface area contributed by atoms with Gasteiger partial charge in [0.2, 0.25) is 0 Å². The quantitative estimate of drug-likeness (QED) is 0.343. The molecule has 0 atom stereocenters. The van der Waals surface area contributed by atoms with Gasteiger partial charge in [0.1, 0.15) is 18.1 Å². The van der Waals surface area contributed by atoms with Crippen molar-refractivity contribution in [1.29, 1.82) is 0 Å². The van der Waals surface area contributed by atoms with Gasteiger partial charge in [0, 0.05) is 28.7 Å². The third kappa shape index (κ3) is 5.05. The zero-order chi connectivity index (χ0) is 20.6. The molecule has 0 spiro atoms. The minimum Gasteiger partial charge on any atom is -0.489 e. The number of nitrogens with zero attached hydrogens (tertiary/aromatic N) is 1. The zero-order valence-electron chi connectivity index (χ0n) is 16.2. The van der Waals surface area contributed by atoms with Crippen molar-refractivity contribution in [3.63, 3.8) is 0 Å². The number of fused-ring (bicyclic) bond motifs is 1. The van der Waals surface area contributed by atoms with Gasteiger partial charge in [0.25, 0.3) is 5.91 Å². The van der Waals surface area contributed by atoms with E-state index in [-0.39, 0.29) is 12.5 Å². The van der Waals surface area contributed by atoms with E-state index < -0.39 is 0 Å². The van der Waals surface area contributed by atoms with Crippen LogP contribution in [-0.2, 0) is 11.4 Å². The average Bonchev–Trinajstić information content (AvgIpc) is 3.20. The van der Waals surface area contributed by atoms with E-state index in [4.69, 9.17) is 9.47 Å². The van der Waals surface area contributed by atoms with Crippen molar-refractivity contribution < 1.29 is 14.3 Å². The fourth-order valence-corrected chi connectivity index (χ4v) is 2.94. The number of hydrogen-bond acceptors (Lipinski definition) is 4. The molecule has 1 heterocycles. The molecule has 0 bridgehead atoms. The summed E-state index contributed by atoms with van der Waals surface area (Å²) in [4.78, 5) is 15.1. The van der Waals surface area contributed by atoms with Crippen LogP contribution in [0.15, 0.2) is 90.2 Å². The van der Waals surface area contributed by atoms with Crippen molar-refractivity contribution in [2.45, 2.75) is 6.61 Å². The number of para-hydroxylation sites is 1. The summed E-state index contributed by atoms with van der Waals surface area (Å²) < 4.78 is 11.2. The maximum Gasteiger partial charge on any atom is 0.277 e. The number of rotatable bonds is 8. The summed E-state index contributed by atoms with van der Waals surface area (Å²) in [5.41, 5.74) is 5.38.